The number of hydrogen-bond donors (Lipinski definition) is 1. The highest BCUT2D eigenvalue weighted by Crippen LogP contribution is 2.31. The van der Waals surface area contributed by atoms with Crippen molar-refractivity contribution in [1.82, 2.24) is 0 Å². The number of alkyl halides is 3. The maximum atomic E-state index is 12.8. The molecule has 0 amide bonds. The van der Waals surface area contributed by atoms with Crippen molar-refractivity contribution in [1.29, 1.82) is 0 Å². The highest BCUT2D eigenvalue weighted by molar-refractivity contribution is 7.95. The summed E-state index contributed by atoms with van der Waals surface area (Å²) in [5.41, 5.74) is -1.60. The first-order valence-corrected chi connectivity index (χ1v) is 6.01. The SMILES string of the molecule is CS(=O)(O)=Cc1ccc(F)c(C(F)(F)F)c1. The maximum Gasteiger partial charge on any atom is 0.419 e. The first-order chi connectivity index (χ1) is 7.09. The zero-order valence-electron chi connectivity index (χ0n) is 8.08. The molecule has 1 atom stereocenters. The smallest absolute Gasteiger partial charge is 0.314 e. The minimum Gasteiger partial charge on any atom is -0.314 e. The normalized spacial score (nSPS) is 15.6. The third-order valence-corrected chi connectivity index (χ3v) is 2.36. The number of benzene rings is 1. The summed E-state index contributed by atoms with van der Waals surface area (Å²) in [5, 5.41) is 0.752. The van der Waals surface area contributed by atoms with Gasteiger partial charge in [0.05, 0.1) is 15.4 Å². The van der Waals surface area contributed by atoms with Crippen LogP contribution in [0, 0.1) is 5.82 Å². The number of hydrogen-bond acceptors (Lipinski definition) is 1. The summed E-state index contributed by atoms with van der Waals surface area (Å²) in [5.74, 6) is -1.41. The average molecular weight is 256 g/mol. The lowest BCUT2D eigenvalue weighted by Crippen LogP contribution is -2.09. The molecule has 0 aliphatic heterocycles. The molecule has 7 heteroatoms. The summed E-state index contributed by atoms with van der Waals surface area (Å²) in [6.07, 6.45) is -3.87. The van der Waals surface area contributed by atoms with Gasteiger partial charge in [-0.3, -0.25) is 0 Å². The van der Waals surface area contributed by atoms with Crippen LogP contribution in [0.5, 0.6) is 0 Å². The molecule has 0 aromatic heterocycles. The number of halogens is 4. The Morgan fingerprint density at radius 3 is 2.38 bits per heavy atom. The lowest BCUT2D eigenvalue weighted by Gasteiger charge is -2.08. The van der Waals surface area contributed by atoms with E-state index in [4.69, 9.17) is 4.55 Å². The Balaban J connectivity index is 3.35. The van der Waals surface area contributed by atoms with Crippen LogP contribution in [-0.2, 0) is 16.0 Å². The average Bonchev–Trinajstić information content (AvgIpc) is 2.04. The van der Waals surface area contributed by atoms with E-state index >= 15 is 0 Å². The Bertz CT molecular complexity index is 505. The molecule has 1 rings (SSSR count). The first kappa shape index (κ1) is 13.0. The van der Waals surface area contributed by atoms with Crippen molar-refractivity contribution in [3.63, 3.8) is 0 Å². The van der Waals surface area contributed by atoms with Crippen molar-refractivity contribution >= 4 is 15.2 Å². The standard InChI is InChI=1S/C9H8F4O2S/c1-16(14,15)5-6-2-3-8(10)7(4-6)9(11,12)13/h2-5H,1H3,(H,14,15). The van der Waals surface area contributed by atoms with Crippen LogP contribution in [0.25, 0.3) is 0 Å². The molecule has 0 spiro atoms. The summed E-state index contributed by atoms with van der Waals surface area (Å²) in [4.78, 5) is 0. The van der Waals surface area contributed by atoms with Gasteiger partial charge in [-0.2, -0.15) is 13.2 Å². The van der Waals surface area contributed by atoms with Crippen molar-refractivity contribution in [3.05, 3.63) is 35.1 Å². The quantitative estimate of drug-likeness (QED) is 0.618. The lowest BCUT2D eigenvalue weighted by atomic mass is 10.1. The zero-order chi connectivity index (χ0) is 12.6. The van der Waals surface area contributed by atoms with Crippen LogP contribution < -0.4 is 0 Å². The largest absolute Gasteiger partial charge is 0.419 e. The van der Waals surface area contributed by atoms with Crippen LogP contribution in [0.1, 0.15) is 11.1 Å². The Morgan fingerprint density at radius 2 is 1.94 bits per heavy atom. The third-order valence-electron chi connectivity index (χ3n) is 1.65. The molecule has 0 saturated carbocycles. The van der Waals surface area contributed by atoms with Crippen LogP contribution >= 0.6 is 0 Å². The molecule has 1 N–H and O–H groups in total. The first-order valence-electron chi connectivity index (χ1n) is 4.03. The summed E-state index contributed by atoms with van der Waals surface area (Å²) in [6, 6.07) is 2.11. The molecule has 0 radical (unpaired) electrons. The zero-order valence-corrected chi connectivity index (χ0v) is 8.90. The molecule has 1 aromatic rings. The van der Waals surface area contributed by atoms with Crippen molar-refractivity contribution in [2.45, 2.75) is 6.18 Å². The monoisotopic (exact) mass is 256 g/mol. The minimum absolute atomic E-state index is 0.149. The van der Waals surface area contributed by atoms with E-state index in [-0.39, 0.29) is 5.56 Å². The Hall–Kier alpha value is -1.08. The molecule has 0 aliphatic carbocycles. The van der Waals surface area contributed by atoms with Crippen LogP contribution in [0.3, 0.4) is 0 Å². The topological polar surface area (TPSA) is 37.3 Å². The van der Waals surface area contributed by atoms with E-state index in [0.29, 0.717) is 12.1 Å². The Labute approximate surface area is 89.7 Å². The van der Waals surface area contributed by atoms with Crippen molar-refractivity contribution in [2.75, 3.05) is 6.26 Å². The molecule has 1 unspecified atom stereocenters. The van der Waals surface area contributed by atoms with Gasteiger partial charge in [0.1, 0.15) is 5.82 Å². The lowest BCUT2D eigenvalue weighted by molar-refractivity contribution is -0.140. The molecule has 90 valence electrons. The second kappa shape index (κ2) is 4.06. The third kappa shape index (κ3) is 3.49. The molecule has 2 nitrogen and oxygen atoms in total. The maximum absolute atomic E-state index is 12.8. The molecule has 1 aromatic carbocycles. The summed E-state index contributed by atoms with van der Waals surface area (Å²) < 4.78 is 69.5. The van der Waals surface area contributed by atoms with Crippen molar-refractivity contribution < 1.29 is 26.3 Å². The summed E-state index contributed by atoms with van der Waals surface area (Å²) >= 11 is 0. The van der Waals surface area contributed by atoms with Gasteiger partial charge in [0.2, 0.25) is 0 Å². The van der Waals surface area contributed by atoms with Gasteiger partial charge in [0.25, 0.3) is 0 Å². The Morgan fingerprint density at radius 1 is 1.38 bits per heavy atom. The van der Waals surface area contributed by atoms with E-state index in [2.05, 4.69) is 0 Å². The van der Waals surface area contributed by atoms with Gasteiger partial charge in [-0.05, 0) is 17.7 Å². The van der Waals surface area contributed by atoms with Gasteiger partial charge < -0.3 is 4.55 Å². The van der Waals surface area contributed by atoms with Gasteiger partial charge in [-0.15, -0.1) is 0 Å². The van der Waals surface area contributed by atoms with Crippen molar-refractivity contribution in [3.8, 4) is 0 Å². The van der Waals surface area contributed by atoms with Crippen LogP contribution in [0.4, 0.5) is 17.6 Å². The predicted molar refractivity (Wildman–Crippen MR) is 53.3 cm³/mol. The molecular formula is C9H8F4O2S. The van der Waals surface area contributed by atoms with Gasteiger partial charge in [-0.1, -0.05) is 6.07 Å². The molecule has 0 fully saturated rings. The molecular weight excluding hydrogens is 248 g/mol. The predicted octanol–water partition coefficient (Wildman–Crippen LogP) is 2.38. The fourth-order valence-corrected chi connectivity index (χ4v) is 1.74. The van der Waals surface area contributed by atoms with E-state index in [1.165, 1.54) is 0 Å². The van der Waals surface area contributed by atoms with Crippen LogP contribution in [0.2, 0.25) is 0 Å². The van der Waals surface area contributed by atoms with Gasteiger partial charge in [0.15, 0.2) is 0 Å². The highest BCUT2D eigenvalue weighted by Gasteiger charge is 2.34. The van der Waals surface area contributed by atoms with Crippen LogP contribution in [-0.4, -0.2) is 20.4 Å². The second-order valence-electron chi connectivity index (χ2n) is 3.22. The van der Waals surface area contributed by atoms with Crippen LogP contribution in [0.15, 0.2) is 18.2 Å². The van der Waals surface area contributed by atoms with E-state index < -0.39 is 27.4 Å². The molecule has 0 saturated heterocycles. The van der Waals surface area contributed by atoms with E-state index in [9.17, 15) is 21.8 Å². The molecule has 0 aliphatic rings. The Kier molecular flexibility index (Phi) is 3.30. The van der Waals surface area contributed by atoms with Gasteiger partial charge in [0, 0.05) is 11.6 Å². The fraction of sp³-hybridized carbons (Fsp3) is 0.222. The van der Waals surface area contributed by atoms with Gasteiger partial charge >= 0.3 is 6.18 Å². The molecule has 16 heavy (non-hydrogen) atoms. The molecule has 0 heterocycles. The number of rotatable bonds is 1. The van der Waals surface area contributed by atoms with E-state index in [1.807, 2.05) is 0 Å². The van der Waals surface area contributed by atoms with E-state index in [0.717, 1.165) is 17.7 Å². The fourth-order valence-electron chi connectivity index (χ4n) is 1.09. The molecule has 0 bridgehead atoms. The van der Waals surface area contributed by atoms with Gasteiger partial charge in [-0.25, -0.2) is 8.60 Å². The van der Waals surface area contributed by atoms with Crippen molar-refractivity contribution in [2.24, 2.45) is 0 Å². The minimum atomic E-state index is -4.82. The highest BCUT2D eigenvalue weighted by atomic mass is 32.2. The summed E-state index contributed by atoms with van der Waals surface area (Å²) in [6.45, 7) is 0. The van der Waals surface area contributed by atoms with E-state index in [1.54, 1.807) is 0 Å². The summed E-state index contributed by atoms with van der Waals surface area (Å²) in [7, 11) is -3.32. The second-order valence-corrected chi connectivity index (χ2v) is 5.17.